The van der Waals surface area contributed by atoms with Gasteiger partial charge in [-0.1, -0.05) is 23.7 Å². The van der Waals surface area contributed by atoms with Crippen molar-refractivity contribution >= 4 is 34.6 Å². The zero-order chi connectivity index (χ0) is 31.3. The van der Waals surface area contributed by atoms with Crippen LogP contribution in [0.5, 0.6) is 11.5 Å². The molecule has 4 heterocycles. The second kappa shape index (κ2) is 11.7. The molecule has 2 fully saturated rings. The molecule has 4 aromatic rings. The number of alkyl halides is 1. The summed E-state index contributed by atoms with van der Waals surface area (Å²) in [5, 5.41) is 10.0. The van der Waals surface area contributed by atoms with Gasteiger partial charge in [-0.05, 0) is 92.7 Å². The van der Waals surface area contributed by atoms with Gasteiger partial charge >= 0.3 is 5.97 Å². The van der Waals surface area contributed by atoms with Gasteiger partial charge in [0.05, 0.1) is 25.9 Å². The van der Waals surface area contributed by atoms with E-state index in [4.69, 9.17) is 26.1 Å². The van der Waals surface area contributed by atoms with Crippen LogP contribution in [-0.2, 0) is 13.1 Å². The fourth-order valence-electron chi connectivity index (χ4n) is 6.56. The number of ether oxygens (including phenoxy) is 2. The van der Waals surface area contributed by atoms with E-state index in [1.807, 2.05) is 16.7 Å². The zero-order valence-electron chi connectivity index (χ0n) is 24.8. The van der Waals surface area contributed by atoms with Crippen LogP contribution in [0.4, 0.5) is 8.78 Å². The van der Waals surface area contributed by atoms with E-state index in [0.29, 0.717) is 51.9 Å². The Hall–Kier alpha value is -4.02. The summed E-state index contributed by atoms with van der Waals surface area (Å²) in [6, 6.07) is 14.0. The number of piperidine rings is 1. The molecular weight excluding hydrogens is 602 g/mol. The van der Waals surface area contributed by atoms with Crippen molar-refractivity contribution < 1.29 is 28.2 Å². The fraction of sp³-hybridized carbons (Fsp3) is 0.382. The molecule has 0 spiro atoms. The summed E-state index contributed by atoms with van der Waals surface area (Å²) in [5.74, 6) is 0.561. The topological polar surface area (TPSA) is 89.7 Å². The van der Waals surface area contributed by atoms with Crippen molar-refractivity contribution in [1.29, 1.82) is 0 Å². The highest BCUT2D eigenvalue weighted by atomic mass is 35.5. The largest absolute Gasteiger partial charge is 0.496 e. The minimum atomic E-state index is -1.11. The van der Waals surface area contributed by atoms with Crippen molar-refractivity contribution in [2.75, 3.05) is 26.9 Å². The van der Waals surface area contributed by atoms with Crippen molar-refractivity contribution in [2.45, 2.75) is 50.8 Å². The third-order valence-corrected chi connectivity index (χ3v) is 9.60. The average molecular weight is 635 g/mol. The molecule has 7 rings (SSSR count). The summed E-state index contributed by atoms with van der Waals surface area (Å²) in [7, 11) is 1.55. The number of pyridine rings is 1. The van der Waals surface area contributed by atoms with Crippen molar-refractivity contribution in [3.05, 3.63) is 87.8 Å². The van der Waals surface area contributed by atoms with E-state index in [9.17, 15) is 14.3 Å². The first-order chi connectivity index (χ1) is 21.8. The number of aromatic nitrogens is 3. The zero-order valence-corrected chi connectivity index (χ0v) is 25.6. The fourth-order valence-corrected chi connectivity index (χ4v) is 6.72. The van der Waals surface area contributed by atoms with Gasteiger partial charge in [-0.25, -0.2) is 19.2 Å². The van der Waals surface area contributed by atoms with E-state index in [1.165, 1.54) is 12.1 Å². The van der Waals surface area contributed by atoms with Crippen LogP contribution in [0.1, 0.15) is 70.7 Å². The lowest BCUT2D eigenvalue weighted by Crippen LogP contribution is -2.34. The standard InChI is InChI=1S/C34H33ClF2N4O4/c1-44-28-15-21(35)5-6-24(28)29-16-25(37)23-4-2-3-22(31(23)45-29)20-9-13-40(14-10-20)17-30-38-26-7-8-27(33(42)43)39-32(26)41(30)19-34(18-36)11-12-34/h2-8,15-16,20,29H,9-14,17-19H2,1H3,(H,42,43)/t29-/m1/s1. The van der Waals surface area contributed by atoms with E-state index in [0.717, 1.165) is 50.2 Å². The monoisotopic (exact) mass is 634 g/mol. The van der Waals surface area contributed by atoms with Crippen LogP contribution in [0.25, 0.3) is 17.0 Å². The molecule has 8 nitrogen and oxygen atoms in total. The lowest BCUT2D eigenvalue weighted by molar-refractivity contribution is 0.0690. The molecule has 0 unspecified atom stereocenters. The number of imidazole rings is 1. The van der Waals surface area contributed by atoms with Crippen LogP contribution < -0.4 is 9.47 Å². The molecule has 0 bridgehead atoms. The van der Waals surface area contributed by atoms with Gasteiger partial charge in [-0.15, -0.1) is 0 Å². The first-order valence-electron chi connectivity index (χ1n) is 15.2. The molecule has 0 amide bonds. The normalized spacial score (nSPS) is 19.6. The van der Waals surface area contributed by atoms with Crippen molar-refractivity contribution in [2.24, 2.45) is 5.41 Å². The van der Waals surface area contributed by atoms with Crippen molar-refractivity contribution in [1.82, 2.24) is 19.4 Å². The number of rotatable bonds is 9. The number of benzene rings is 2. The van der Waals surface area contributed by atoms with Gasteiger partial charge in [0.25, 0.3) is 0 Å². The van der Waals surface area contributed by atoms with Gasteiger partial charge in [-0.3, -0.25) is 9.29 Å². The molecule has 0 radical (unpaired) electrons. The number of hydrogen-bond donors (Lipinski definition) is 1. The molecule has 1 aliphatic carbocycles. The van der Waals surface area contributed by atoms with Crippen LogP contribution in [0, 0.1) is 5.41 Å². The van der Waals surface area contributed by atoms with Crippen molar-refractivity contribution in [3.8, 4) is 11.5 Å². The number of methoxy groups -OCH3 is 1. The molecule has 3 aliphatic rings. The summed E-state index contributed by atoms with van der Waals surface area (Å²) < 4.78 is 43.3. The van der Waals surface area contributed by atoms with Gasteiger partial charge < -0.3 is 19.1 Å². The van der Waals surface area contributed by atoms with Gasteiger partial charge in [0.15, 0.2) is 11.3 Å². The molecule has 1 N–H and O–H groups in total. The lowest BCUT2D eigenvalue weighted by atomic mass is 9.86. The highest BCUT2D eigenvalue weighted by molar-refractivity contribution is 6.30. The number of hydrogen-bond acceptors (Lipinski definition) is 6. The molecule has 1 saturated heterocycles. The number of aromatic carboxylic acids is 1. The summed E-state index contributed by atoms with van der Waals surface area (Å²) in [6.07, 6.45) is 4.05. The Morgan fingerprint density at radius 3 is 2.64 bits per heavy atom. The van der Waals surface area contributed by atoms with Crippen LogP contribution in [0.15, 0.2) is 54.6 Å². The van der Waals surface area contributed by atoms with Gasteiger partial charge in [0, 0.05) is 22.5 Å². The number of fused-ring (bicyclic) bond motifs is 2. The number of carboxylic acids is 1. The Kier molecular flexibility index (Phi) is 7.73. The van der Waals surface area contributed by atoms with Gasteiger partial charge in [-0.2, -0.15) is 0 Å². The summed E-state index contributed by atoms with van der Waals surface area (Å²) in [6.45, 7) is 2.07. The number of nitrogens with zero attached hydrogens (tertiary/aromatic N) is 4. The number of para-hydroxylation sites is 1. The highest BCUT2D eigenvalue weighted by Crippen LogP contribution is 2.49. The Morgan fingerprint density at radius 2 is 1.93 bits per heavy atom. The maximum atomic E-state index is 15.5. The predicted octanol–water partition coefficient (Wildman–Crippen LogP) is 7.36. The SMILES string of the molecule is COc1cc(Cl)ccc1[C@H]1C=C(F)c2cccc(C3CCN(Cc4nc5ccc(C(=O)O)nc5n4CC4(CF)CC4)CC3)c2O1. The third-order valence-electron chi connectivity index (χ3n) is 9.36. The van der Waals surface area contributed by atoms with E-state index >= 15 is 4.39 Å². The number of carbonyl (C=O) groups is 1. The molecule has 2 aromatic heterocycles. The predicted molar refractivity (Wildman–Crippen MR) is 166 cm³/mol. The molecule has 2 aromatic carbocycles. The Balaban J connectivity index is 1.11. The highest BCUT2D eigenvalue weighted by Gasteiger charge is 2.44. The lowest BCUT2D eigenvalue weighted by Gasteiger charge is -2.34. The van der Waals surface area contributed by atoms with Crippen LogP contribution >= 0.6 is 11.6 Å². The quantitative estimate of drug-likeness (QED) is 0.206. The maximum Gasteiger partial charge on any atom is 0.354 e. The first-order valence-corrected chi connectivity index (χ1v) is 15.5. The average Bonchev–Trinajstić information content (AvgIpc) is 3.75. The molecule has 1 atom stereocenters. The van der Waals surface area contributed by atoms with Gasteiger partial charge in [0.1, 0.15) is 34.8 Å². The van der Waals surface area contributed by atoms with Crippen LogP contribution in [-0.4, -0.2) is 57.4 Å². The summed E-state index contributed by atoms with van der Waals surface area (Å²) in [5.41, 5.74) is 2.72. The van der Waals surface area contributed by atoms with E-state index in [1.54, 1.807) is 37.4 Å². The smallest absolute Gasteiger partial charge is 0.354 e. The Bertz CT molecular complexity index is 1810. The van der Waals surface area contributed by atoms with Crippen LogP contribution in [0.2, 0.25) is 5.02 Å². The Labute approximate surface area is 264 Å². The maximum absolute atomic E-state index is 15.5. The number of carboxylic acid groups (broad SMARTS) is 1. The van der Waals surface area contributed by atoms with Crippen molar-refractivity contribution in [3.63, 3.8) is 0 Å². The molecule has 11 heteroatoms. The second-order valence-electron chi connectivity index (χ2n) is 12.3. The number of halogens is 3. The van der Waals surface area contributed by atoms with E-state index in [2.05, 4.69) is 9.88 Å². The molecule has 234 valence electrons. The number of likely N-dealkylation sites (tertiary alicyclic amines) is 1. The second-order valence-corrected chi connectivity index (χ2v) is 12.7. The van der Waals surface area contributed by atoms with E-state index in [-0.39, 0.29) is 17.4 Å². The first kappa shape index (κ1) is 29.7. The molecular formula is C34H33ClF2N4O4. The van der Waals surface area contributed by atoms with Gasteiger partial charge in [0.2, 0.25) is 0 Å². The molecule has 45 heavy (non-hydrogen) atoms. The van der Waals surface area contributed by atoms with E-state index < -0.39 is 24.2 Å². The minimum absolute atomic E-state index is 0.0578. The third kappa shape index (κ3) is 5.66. The molecule has 1 saturated carbocycles. The minimum Gasteiger partial charge on any atom is -0.496 e. The molecule has 2 aliphatic heterocycles. The van der Waals surface area contributed by atoms with Crippen LogP contribution in [0.3, 0.4) is 0 Å². The Morgan fingerprint density at radius 1 is 1.13 bits per heavy atom. The summed E-state index contributed by atoms with van der Waals surface area (Å²) in [4.78, 5) is 23.1. The summed E-state index contributed by atoms with van der Waals surface area (Å²) >= 11 is 6.16.